The summed E-state index contributed by atoms with van der Waals surface area (Å²) in [7, 11) is 0. The van der Waals surface area contributed by atoms with Crippen LogP contribution in [0.3, 0.4) is 0 Å². The Hall–Kier alpha value is -1.74. The van der Waals surface area contributed by atoms with Crippen LogP contribution in [0.25, 0.3) is 11.1 Å². The molecule has 0 unspecified atom stereocenters. The molecule has 1 aliphatic carbocycles. The molecule has 0 aliphatic heterocycles. The quantitative estimate of drug-likeness (QED) is 0.683. The van der Waals surface area contributed by atoms with Gasteiger partial charge in [-0.3, -0.25) is 4.79 Å². The van der Waals surface area contributed by atoms with Crippen LogP contribution in [-0.4, -0.2) is 17.3 Å². The van der Waals surface area contributed by atoms with Crippen molar-refractivity contribution in [2.75, 3.05) is 6.61 Å². The fraction of sp³-hybridized carbons (Fsp3) is 0.278. The average molecular weight is 298 g/mol. The van der Waals surface area contributed by atoms with Gasteiger partial charge in [0, 0.05) is 5.92 Å². The summed E-state index contributed by atoms with van der Waals surface area (Å²) in [6.07, 6.45) is 0. The van der Waals surface area contributed by atoms with Crippen molar-refractivity contribution in [1.29, 1.82) is 0 Å². The Kier molecular flexibility index (Phi) is 3.54. The van der Waals surface area contributed by atoms with Crippen LogP contribution < -0.4 is 0 Å². The summed E-state index contributed by atoms with van der Waals surface area (Å²) >= 11 is 4.26. The largest absolute Gasteiger partial charge is 0.464 e. The second kappa shape index (κ2) is 5.23. The molecule has 0 radical (unpaired) electrons. The molecule has 0 saturated heterocycles. The van der Waals surface area contributed by atoms with E-state index >= 15 is 0 Å². The summed E-state index contributed by atoms with van der Waals surface area (Å²) in [6, 6.07) is 16.6. The van der Waals surface area contributed by atoms with Gasteiger partial charge < -0.3 is 4.74 Å². The summed E-state index contributed by atoms with van der Waals surface area (Å²) in [5, 5.41) is 0. The van der Waals surface area contributed by atoms with E-state index in [1.165, 1.54) is 22.3 Å². The maximum atomic E-state index is 11.9. The van der Waals surface area contributed by atoms with Crippen molar-refractivity contribution in [1.82, 2.24) is 0 Å². The molecule has 0 heterocycles. The minimum absolute atomic E-state index is 0.108. The molecule has 0 amide bonds. The first-order chi connectivity index (χ1) is 9.98. The summed E-state index contributed by atoms with van der Waals surface area (Å²) in [5.74, 6) is -0.176. The molecule has 21 heavy (non-hydrogen) atoms. The molecule has 0 aromatic heterocycles. The lowest BCUT2D eigenvalue weighted by atomic mass is 9.98. The average Bonchev–Trinajstić information content (AvgIpc) is 2.78. The Balaban J connectivity index is 1.91. The Morgan fingerprint density at radius 2 is 1.52 bits per heavy atom. The van der Waals surface area contributed by atoms with E-state index < -0.39 is 4.75 Å². The van der Waals surface area contributed by atoms with Gasteiger partial charge in [-0.25, -0.2) is 0 Å². The standard InChI is InChI=1S/C18H18O2S/c1-18(2,21)17(19)20-11-16-14-9-5-3-7-12(14)13-8-4-6-10-15(13)16/h3-10,16,21H,11H2,1-2H3. The number of fused-ring (bicyclic) bond motifs is 3. The highest BCUT2D eigenvalue weighted by atomic mass is 32.1. The van der Waals surface area contributed by atoms with E-state index in [1.54, 1.807) is 13.8 Å². The zero-order valence-electron chi connectivity index (χ0n) is 12.2. The minimum atomic E-state index is -0.766. The van der Waals surface area contributed by atoms with Crippen LogP contribution in [0.5, 0.6) is 0 Å². The van der Waals surface area contributed by atoms with Crippen LogP contribution in [0.2, 0.25) is 0 Å². The van der Waals surface area contributed by atoms with Crippen molar-refractivity contribution in [3.63, 3.8) is 0 Å². The highest BCUT2D eigenvalue weighted by Gasteiger charge is 2.31. The number of carbonyl (C=O) groups excluding carboxylic acids is 1. The van der Waals surface area contributed by atoms with Gasteiger partial charge in [-0.2, -0.15) is 12.6 Å². The third kappa shape index (κ3) is 2.58. The van der Waals surface area contributed by atoms with Gasteiger partial charge >= 0.3 is 5.97 Å². The van der Waals surface area contributed by atoms with Crippen molar-refractivity contribution in [2.45, 2.75) is 24.5 Å². The predicted molar refractivity (Wildman–Crippen MR) is 87.7 cm³/mol. The first kappa shape index (κ1) is 14.2. The lowest BCUT2D eigenvalue weighted by Gasteiger charge is -2.19. The fourth-order valence-electron chi connectivity index (χ4n) is 2.78. The van der Waals surface area contributed by atoms with Gasteiger partial charge in [0.15, 0.2) is 0 Å². The van der Waals surface area contributed by atoms with Crippen molar-refractivity contribution >= 4 is 18.6 Å². The molecular weight excluding hydrogens is 280 g/mol. The SMILES string of the molecule is CC(C)(S)C(=O)OCC1c2ccccc2-c2ccccc21. The van der Waals surface area contributed by atoms with Crippen molar-refractivity contribution in [3.05, 3.63) is 59.7 Å². The van der Waals surface area contributed by atoms with Crippen LogP contribution in [0.15, 0.2) is 48.5 Å². The molecule has 3 heteroatoms. The Morgan fingerprint density at radius 1 is 1.05 bits per heavy atom. The van der Waals surface area contributed by atoms with E-state index in [4.69, 9.17) is 4.74 Å². The Bertz CT molecular complexity index is 640. The summed E-state index contributed by atoms with van der Waals surface area (Å²) < 4.78 is 4.72. The maximum absolute atomic E-state index is 11.9. The van der Waals surface area contributed by atoms with Crippen LogP contribution in [0.4, 0.5) is 0 Å². The molecule has 108 valence electrons. The number of hydrogen-bond donors (Lipinski definition) is 1. The van der Waals surface area contributed by atoms with Gasteiger partial charge in [0.1, 0.15) is 11.4 Å². The zero-order valence-corrected chi connectivity index (χ0v) is 13.1. The molecule has 0 fully saturated rings. The Labute approximate surface area is 130 Å². The van der Waals surface area contributed by atoms with Gasteiger partial charge in [-0.05, 0) is 36.1 Å². The zero-order chi connectivity index (χ0) is 15.0. The second-order valence-corrected chi connectivity index (χ2v) is 7.00. The van der Waals surface area contributed by atoms with Crippen LogP contribution in [0.1, 0.15) is 30.9 Å². The lowest BCUT2D eigenvalue weighted by molar-refractivity contribution is -0.145. The molecular formula is C18H18O2S. The van der Waals surface area contributed by atoms with Crippen molar-refractivity contribution in [3.8, 4) is 11.1 Å². The van der Waals surface area contributed by atoms with E-state index in [0.29, 0.717) is 6.61 Å². The number of benzene rings is 2. The molecule has 1 aliphatic rings. The number of rotatable bonds is 3. The predicted octanol–water partition coefficient (Wildman–Crippen LogP) is 4.05. The molecule has 0 bridgehead atoms. The van der Waals surface area contributed by atoms with Gasteiger partial charge in [0.05, 0.1) is 0 Å². The van der Waals surface area contributed by atoms with E-state index in [0.717, 1.165) is 0 Å². The first-order valence-corrected chi connectivity index (χ1v) is 7.51. The number of carbonyl (C=O) groups is 1. The maximum Gasteiger partial charge on any atom is 0.321 e. The smallest absolute Gasteiger partial charge is 0.321 e. The molecule has 2 nitrogen and oxygen atoms in total. The first-order valence-electron chi connectivity index (χ1n) is 7.06. The minimum Gasteiger partial charge on any atom is -0.464 e. The van der Waals surface area contributed by atoms with E-state index in [2.05, 4.69) is 36.9 Å². The number of ether oxygens (including phenoxy) is 1. The number of esters is 1. The third-order valence-electron chi connectivity index (χ3n) is 3.84. The number of thiol groups is 1. The number of hydrogen-bond acceptors (Lipinski definition) is 3. The van der Waals surface area contributed by atoms with Gasteiger partial charge in [0.25, 0.3) is 0 Å². The fourth-order valence-corrected chi connectivity index (χ4v) is 2.84. The summed E-state index contributed by atoms with van der Waals surface area (Å²) in [6.45, 7) is 3.85. The molecule has 0 spiro atoms. The molecule has 0 saturated carbocycles. The molecule has 3 rings (SSSR count). The molecule has 0 atom stereocenters. The van der Waals surface area contributed by atoms with E-state index in [1.807, 2.05) is 24.3 Å². The van der Waals surface area contributed by atoms with Crippen LogP contribution in [0, 0.1) is 0 Å². The highest BCUT2D eigenvalue weighted by molar-refractivity contribution is 7.82. The van der Waals surface area contributed by atoms with Crippen molar-refractivity contribution in [2.24, 2.45) is 0 Å². The van der Waals surface area contributed by atoms with Crippen LogP contribution >= 0.6 is 12.6 Å². The monoisotopic (exact) mass is 298 g/mol. The molecule has 0 N–H and O–H groups in total. The lowest BCUT2D eigenvalue weighted by Crippen LogP contribution is -2.28. The molecule has 2 aromatic rings. The van der Waals surface area contributed by atoms with E-state index in [-0.39, 0.29) is 11.9 Å². The second-order valence-electron chi connectivity index (χ2n) is 5.88. The van der Waals surface area contributed by atoms with Crippen LogP contribution in [-0.2, 0) is 9.53 Å². The van der Waals surface area contributed by atoms with Gasteiger partial charge in [0.2, 0.25) is 0 Å². The normalized spacial score (nSPS) is 13.7. The van der Waals surface area contributed by atoms with Gasteiger partial charge in [-0.1, -0.05) is 48.5 Å². The van der Waals surface area contributed by atoms with E-state index in [9.17, 15) is 4.79 Å². The molecule has 2 aromatic carbocycles. The Morgan fingerprint density at radius 3 is 2.00 bits per heavy atom. The highest BCUT2D eigenvalue weighted by Crippen LogP contribution is 2.44. The summed E-state index contributed by atoms with van der Waals surface area (Å²) in [5.41, 5.74) is 4.92. The summed E-state index contributed by atoms with van der Waals surface area (Å²) in [4.78, 5) is 11.9. The third-order valence-corrected chi connectivity index (χ3v) is 4.03. The van der Waals surface area contributed by atoms with Gasteiger partial charge in [-0.15, -0.1) is 0 Å². The topological polar surface area (TPSA) is 26.3 Å². The van der Waals surface area contributed by atoms with Crippen molar-refractivity contribution < 1.29 is 9.53 Å².